The molecule has 1 aromatic heterocycles. The maximum Gasteiger partial charge on any atom is 0.250 e. The third kappa shape index (κ3) is 4.02. The number of anilines is 1. The number of hydrogen-bond donors (Lipinski definition) is 1. The van der Waals surface area contributed by atoms with Crippen molar-refractivity contribution in [2.24, 2.45) is 0 Å². The first-order chi connectivity index (χ1) is 11.7. The molecule has 1 fully saturated rings. The molecule has 6 heteroatoms. The van der Waals surface area contributed by atoms with E-state index in [1.807, 2.05) is 18.2 Å². The molecule has 1 amide bonds. The highest BCUT2D eigenvalue weighted by Crippen LogP contribution is 2.21. The molecule has 1 aliphatic rings. The van der Waals surface area contributed by atoms with Crippen molar-refractivity contribution in [3.8, 4) is 0 Å². The molecule has 0 unspecified atom stereocenters. The maximum atomic E-state index is 12.1. The van der Waals surface area contributed by atoms with Gasteiger partial charge in [0.2, 0.25) is 5.91 Å². The lowest BCUT2D eigenvalue weighted by Crippen LogP contribution is -2.37. The number of amides is 1. The van der Waals surface area contributed by atoms with Crippen LogP contribution in [0.5, 0.6) is 0 Å². The Morgan fingerprint density at radius 3 is 2.62 bits per heavy atom. The van der Waals surface area contributed by atoms with Gasteiger partial charge < -0.3 is 19.5 Å². The summed E-state index contributed by atoms with van der Waals surface area (Å²) in [6.45, 7) is 3.61. The van der Waals surface area contributed by atoms with Crippen LogP contribution >= 0.6 is 0 Å². The zero-order valence-electron chi connectivity index (χ0n) is 13.5. The summed E-state index contributed by atoms with van der Waals surface area (Å²) in [7, 11) is 0. The molecule has 1 aliphatic heterocycles. The number of rotatable bonds is 5. The molecule has 126 valence electrons. The number of hydrogen-bond acceptors (Lipinski definition) is 4. The zero-order chi connectivity index (χ0) is 16.8. The van der Waals surface area contributed by atoms with Gasteiger partial charge in [-0.3, -0.25) is 9.59 Å². The standard InChI is InChI=1S/C18H21N3O3/c22-17(14-21-8-4-3-7-18(21)23)19-13-15-5-1-2-6-16(15)20-9-11-24-12-10-20/h1-8H,9-14H2,(H,19,22). The molecule has 0 atom stereocenters. The highest BCUT2D eigenvalue weighted by Gasteiger charge is 2.14. The quantitative estimate of drug-likeness (QED) is 0.890. The van der Waals surface area contributed by atoms with E-state index in [9.17, 15) is 9.59 Å². The summed E-state index contributed by atoms with van der Waals surface area (Å²) in [5.41, 5.74) is 2.01. The molecule has 0 radical (unpaired) electrons. The van der Waals surface area contributed by atoms with Crippen LogP contribution in [0.3, 0.4) is 0 Å². The van der Waals surface area contributed by atoms with E-state index in [-0.39, 0.29) is 18.0 Å². The Morgan fingerprint density at radius 2 is 1.83 bits per heavy atom. The van der Waals surface area contributed by atoms with Crippen LogP contribution in [-0.2, 0) is 22.6 Å². The summed E-state index contributed by atoms with van der Waals surface area (Å²) in [5, 5.41) is 2.90. The second kappa shape index (κ2) is 7.79. The molecule has 2 heterocycles. The Hall–Kier alpha value is -2.60. The fourth-order valence-corrected chi connectivity index (χ4v) is 2.77. The van der Waals surface area contributed by atoms with Gasteiger partial charge in [-0.2, -0.15) is 0 Å². The van der Waals surface area contributed by atoms with E-state index >= 15 is 0 Å². The summed E-state index contributed by atoms with van der Waals surface area (Å²) in [5.74, 6) is -0.180. The minimum Gasteiger partial charge on any atom is -0.378 e. The van der Waals surface area contributed by atoms with E-state index in [4.69, 9.17) is 4.74 Å². The van der Waals surface area contributed by atoms with Gasteiger partial charge in [-0.25, -0.2) is 0 Å². The van der Waals surface area contributed by atoms with Gasteiger partial charge in [0.05, 0.1) is 13.2 Å². The van der Waals surface area contributed by atoms with Crippen LogP contribution in [0, 0.1) is 0 Å². The molecule has 3 rings (SSSR count). The molecular weight excluding hydrogens is 306 g/mol. The van der Waals surface area contributed by atoms with Gasteiger partial charge >= 0.3 is 0 Å². The minimum atomic E-state index is -0.180. The van der Waals surface area contributed by atoms with Crippen LogP contribution in [-0.4, -0.2) is 36.8 Å². The van der Waals surface area contributed by atoms with E-state index in [1.165, 1.54) is 10.6 Å². The van der Waals surface area contributed by atoms with Gasteiger partial charge in [0.15, 0.2) is 0 Å². The van der Waals surface area contributed by atoms with Crippen molar-refractivity contribution >= 4 is 11.6 Å². The van der Waals surface area contributed by atoms with Crippen molar-refractivity contribution in [1.29, 1.82) is 0 Å². The Kier molecular flexibility index (Phi) is 5.28. The molecule has 24 heavy (non-hydrogen) atoms. The monoisotopic (exact) mass is 327 g/mol. The number of carbonyl (C=O) groups is 1. The van der Waals surface area contributed by atoms with Gasteiger partial charge in [0.25, 0.3) is 5.56 Å². The molecule has 0 bridgehead atoms. The number of para-hydroxylation sites is 1. The van der Waals surface area contributed by atoms with Gasteiger partial charge in [-0.1, -0.05) is 24.3 Å². The summed E-state index contributed by atoms with van der Waals surface area (Å²) in [4.78, 5) is 26.0. The van der Waals surface area contributed by atoms with E-state index in [0.29, 0.717) is 6.54 Å². The highest BCUT2D eigenvalue weighted by atomic mass is 16.5. The molecule has 1 saturated heterocycles. The number of ether oxygens (including phenoxy) is 1. The van der Waals surface area contributed by atoms with E-state index in [1.54, 1.807) is 18.3 Å². The number of nitrogens with one attached hydrogen (secondary N) is 1. The molecule has 1 aromatic carbocycles. The number of morpholine rings is 1. The third-order valence-corrected chi connectivity index (χ3v) is 4.03. The second-order valence-electron chi connectivity index (χ2n) is 5.67. The van der Waals surface area contributed by atoms with Crippen molar-refractivity contribution in [3.05, 3.63) is 64.6 Å². The first-order valence-corrected chi connectivity index (χ1v) is 8.07. The first kappa shape index (κ1) is 16.3. The fourth-order valence-electron chi connectivity index (χ4n) is 2.77. The number of carbonyl (C=O) groups excluding carboxylic acids is 1. The number of pyridine rings is 1. The normalized spacial score (nSPS) is 14.4. The molecule has 0 aliphatic carbocycles. The maximum absolute atomic E-state index is 12.1. The topological polar surface area (TPSA) is 63.6 Å². The number of aromatic nitrogens is 1. The number of benzene rings is 1. The van der Waals surface area contributed by atoms with Crippen LogP contribution in [0.25, 0.3) is 0 Å². The molecule has 1 N–H and O–H groups in total. The van der Waals surface area contributed by atoms with Crippen LogP contribution in [0.15, 0.2) is 53.5 Å². The van der Waals surface area contributed by atoms with E-state index in [2.05, 4.69) is 16.3 Å². The van der Waals surface area contributed by atoms with Gasteiger partial charge in [0.1, 0.15) is 6.54 Å². The first-order valence-electron chi connectivity index (χ1n) is 8.07. The Morgan fingerprint density at radius 1 is 1.08 bits per heavy atom. The Balaban J connectivity index is 1.63. The van der Waals surface area contributed by atoms with Crippen LogP contribution < -0.4 is 15.8 Å². The van der Waals surface area contributed by atoms with Crippen molar-refractivity contribution in [2.75, 3.05) is 31.2 Å². The lowest BCUT2D eigenvalue weighted by Gasteiger charge is -2.30. The average Bonchev–Trinajstić information content (AvgIpc) is 2.63. The van der Waals surface area contributed by atoms with Crippen LogP contribution in [0.2, 0.25) is 0 Å². The third-order valence-electron chi connectivity index (χ3n) is 4.03. The second-order valence-corrected chi connectivity index (χ2v) is 5.67. The Labute approximate surface area is 140 Å². The summed E-state index contributed by atoms with van der Waals surface area (Å²) in [6, 6.07) is 12.9. The SMILES string of the molecule is O=C(Cn1ccccc1=O)NCc1ccccc1N1CCOCC1. The lowest BCUT2D eigenvalue weighted by molar-refractivity contribution is -0.121. The molecule has 6 nitrogen and oxygen atoms in total. The van der Waals surface area contributed by atoms with E-state index in [0.717, 1.165) is 37.6 Å². The molecule has 2 aromatic rings. The summed E-state index contributed by atoms with van der Waals surface area (Å²) >= 11 is 0. The van der Waals surface area contributed by atoms with Crippen molar-refractivity contribution < 1.29 is 9.53 Å². The summed E-state index contributed by atoms with van der Waals surface area (Å²) < 4.78 is 6.79. The summed E-state index contributed by atoms with van der Waals surface area (Å²) in [6.07, 6.45) is 1.61. The Bertz CT molecular complexity index is 751. The van der Waals surface area contributed by atoms with Crippen molar-refractivity contribution in [3.63, 3.8) is 0 Å². The van der Waals surface area contributed by atoms with Gasteiger partial charge in [-0.15, -0.1) is 0 Å². The largest absolute Gasteiger partial charge is 0.378 e. The minimum absolute atomic E-state index is 0.0272. The van der Waals surface area contributed by atoms with E-state index < -0.39 is 0 Å². The van der Waals surface area contributed by atoms with Gasteiger partial charge in [0, 0.05) is 37.6 Å². The predicted octanol–water partition coefficient (Wildman–Crippen LogP) is 1.00. The lowest BCUT2D eigenvalue weighted by atomic mass is 10.1. The fraction of sp³-hybridized carbons (Fsp3) is 0.333. The zero-order valence-corrected chi connectivity index (χ0v) is 13.5. The molecule has 0 saturated carbocycles. The van der Waals surface area contributed by atoms with Crippen molar-refractivity contribution in [1.82, 2.24) is 9.88 Å². The van der Waals surface area contributed by atoms with Crippen LogP contribution in [0.1, 0.15) is 5.56 Å². The molecular formula is C18H21N3O3. The number of nitrogens with zero attached hydrogens (tertiary/aromatic N) is 2. The predicted molar refractivity (Wildman–Crippen MR) is 92.0 cm³/mol. The highest BCUT2D eigenvalue weighted by molar-refractivity contribution is 5.76. The smallest absolute Gasteiger partial charge is 0.250 e. The molecule has 0 spiro atoms. The van der Waals surface area contributed by atoms with Crippen LogP contribution in [0.4, 0.5) is 5.69 Å². The average molecular weight is 327 g/mol. The van der Waals surface area contributed by atoms with Crippen molar-refractivity contribution in [2.45, 2.75) is 13.1 Å². The van der Waals surface area contributed by atoms with Gasteiger partial charge in [-0.05, 0) is 17.7 Å².